The van der Waals surface area contributed by atoms with Gasteiger partial charge in [-0.15, -0.1) is 0 Å². The Morgan fingerprint density at radius 3 is 2.48 bits per heavy atom. The van der Waals surface area contributed by atoms with Crippen LogP contribution in [0.25, 0.3) is 0 Å². The van der Waals surface area contributed by atoms with Gasteiger partial charge in [0, 0.05) is 18.7 Å². The van der Waals surface area contributed by atoms with E-state index in [9.17, 15) is 17.9 Å². The van der Waals surface area contributed by atoms with Gasteiger partial charge in [-0.3, -0.25) is 0 Å². The summed E-state index contributed by atoms with van der Waals surface area (Å²) in [6.07, 6.45) is 3.38. The van der Waals surface area contributed by atoms with Gasteiger partial charge in [0.05, 0.1) is 11.5 Å². The van der Waals surface area contributed by atoms with E-state index in [4.69, 9.17) is 0 Å². The third kappa shape index (κ3) is 2.49. The van der Waals surface area contributed by atoms with Crippen molar-refractivity contribution >= 4 is 10.0 Å². The largest absolute Gasteiger partial charge is 0.392 e. The monoisotopic (exact) mass is 313 g/mol. The fourth-order valence-electron chi connectivity index (χ4n) is 3.61. The van der Waals surface area contributed by atoms with Crippen molar-refractivity contribution in [3.63, 3.8) is 0 Å². The highest BCUT2D eigenvalue weighted by molar-refractivity contribution is 7.89. The number of nitrogens with zero attached hydrogens (tertiary/aromatic N) is 1. The molecule has 1 aliphatic heterocycles. The minimum Gasteiger partial charge on any atom is -0.392 e. The summed E-state index contributed by atoms with van der Waals surface area (Å²) in [6, 6.07) is 2.61. The maximum absolute atomic E-state index is 13.8. The van der Waals surface area contributed by atoms with Crippen LogP contribution in [0.2, 0.25) is 0 Å². The molecule has 0 radical (unpaired) electrons. The lowest BCUT2D eigenvalue weighted by Crippen LogP contribution is -2.30. The van der Waals surface area contributed by atoms with Crippen molar-refractivity contribution < 1.29 is 17.9 Å². The average Bonchev–Trinajstić information content (AvgIpc) is 3.02. The molecule has 1 saturated carbocycles. The molecular formula is C15H20FNO3S. The van der Waals surface area contributed by atoms with Crippen LogP contribution < -0.4 is 0 Å². The first-order chi connectivity index (χ1) is 9.93. The molecule has 2 aliphatic rings. The number of halogens is 1. The Bertz CT molecular complexity index is 647. The van der Waals surface area contributed by atoms with Gasteiger partial charge >= 0.3 is 0 Å². The van der Waals surface area contributed by atoms with Crippen LogP contribution >= 0.6 is 0 Å². The molecule has 1 aromatic rings. The Morgan fingerprint density at radius 2 is 1.90 bits per heavy atom. The number of aliphatic hydroxyl groups excluding tert-OH is 1. The smallest absolute Gasteiger partial charge is 0.243 e. The summed E-state index contributed by atoms with van der Waals surface area (Å²) in [5, 5.41) is 9.18. The van der Waals surface area contributed by atoms with E-state index in [1.165, 1.54) is 29.8 Å². The summed E-state index contributed by atoms with van der Waals surface area (Å²) in [4.78, 5) is 0.0884. The maximum atomic E-state index is 13.8. The van der Waals surface area contributed by atoms with Crippen LogP contribution in [-0.4, -0.2) is 30.9 Å². The Hall–Kier alpha value is -0.980. The molecule has 2 unspecified atom stereocenters. The second-order valence-corrected chi connectivity index (χ2v) is 8.08. The third-order valence-corrected chi connectivity index (χ3v) is 6.61. The molecule has 2 fully saturated rings. The van der Waals surface area contributed by atoms with Crippen molar-refractivity contribution in [2.24, 2.45) is 11.8 Å². The van der Waals surface area contributed by atoms with E-state index in [1.807, 2.05) is 0 Å². The maximum Gasteiger partial charge on any atom is 0.243 e. The Labute approximate surface area is 124 Å². The minimum atomic E-state index is -3.60. The molecule has 6 heteroatoms. The molecule has 0 bridgehead atoms. The molecule has 0 amide bonds. The lowest BCUT2D eigenvalue weighted by molar-refractivity contribution is 0.275. The first-order valence-corrected chi connectivity index (χ1v) is 8.77. The lowest BCUT2D eigenvalue weighted by Gasteiger charge is -2.18. The zero-order valence-electron chi connectivity index (χ0n) is 12.0. The number of sulfonamides is 1. The zero-order chi connectivity index (χ0) is 15.2. The fourth-order valence-corrected chi connectivity index (χ4v) is 5.30. The third-order valence-electron chi connectivity index (χ3n) is 4.80. The molecule has 1 saturated heterocycles. The van der Waals surface area contributed by atoms with Gasteiger partial charge in [0.15, 0.2) is 0 Å². The van der Waals surface area contributed by atoms with Gasteiger partial charge in [-0.1, -0.05) is 6.42 Å². The minimum absolute atomic E-state index is 0.0352. The van der Waals surface area contributed by atoms with Gasteiger partial charge in [-0.05, 0) is 49.3 Å². The van der Waals surface area contributed by atoms with E-state index in [1.54, 1.807) is 0 Å². The van der Waals surface area contributed by atoms with Crippen molar-refractivity contribution in [3.05, 3.63) is 29.1 Å². The van der Waals surface area contributed by atoms with Crippen LogP contribution in [0.15, 0.2) is 17.0 Å². The summed E-state index contributed by atoms with van der Waals surface area (Å²) in [5.74, 6) is 0.409. The molecule has 1 N–H and O–H groups in total. The van der Waals surface area contributed by atoms with Crippen LogP contribution in [0.3, 0.4) is 0 Å². The molecule has 2 atom stereocenters. The SMILES string of the molecule is Cc1cc(S(=O)(=O)N2CC3CCCC3C2)cc(CO)c1F. The molecule has 1 aromatic carbocycles. The van der Waals surface area contributed by atoms with Crippen LogP contribution in [0, 0.1) is 24.6 Å². The number of aryl methyl sites for hydroxylation is 1. The Balaban J connectivity index is 1.94. The quantitative estimate of drug-likeness (QED) is 0.929. The molecule has 0 aromatic heterocycles. The number of fused-ring (bicyclic) bond motifs is 1. The van der Waals surface area contributed by atoms with Crippen molar-refractivity contribution in [2.75, 3.05) is 13.1 Å². The average molecular weight is 313 g/mol. The topological polar surface area (TPSA) is 57.6 Å². The van der Waals surface area contributed by atoms with Gasteiger partial charge in [-0.25, -0.2) is 12.8 Å². The van der Waals surface area contributed by atoms with Crippen LogP contribution in [0.4, 0.5) is 4.39 Å². The fraction of sp³-hybridized carbons (Fsp3) is 0.600. The molecule has 4 nitrogen and oxygen atoms in total. The van der Waals surface area contributed by atoms with Gasteiger partial charge in [0.1, 0.15) is 5.82 Å². The first-order valence-electron chi connectivity index (χ1n) is 7.33. The van der Waals surface area contributed by atoms with Crippen LogP contribution in [-0.2, 0) is 16.6 Å². The molecule has 1 heterocycles. The van der Waals surface area contributed by atoms with Crippen LogP contribution in [0.5, 0.6) is 0 Å². The standard InChI is InChI=1S/C15H20FNO3S/c1-10-5-14(6-13(9-18)15(10)16)21(19,20)17-7-11-3-2-4-12(11)8-17/h5-6,11-12,18H,2-4,7-9H2,1H3. The summed E-state index contributed by atoms with van der Waals surface area (Å²) in [5.41, 5.74) is 0.285. The summed E-state index contributed by atoms with van der Waals surface area (Å²) < 4.78 is 40.7. The summed E-state index contributed by atoms with van der Waals surface area (Å²) in [6.45, 7) is 2.16. The number of benzene rings is 1. The predicted octanol–water partition coefficient (Wildman–Crippen LogP) is 2.05. The molecule has 0 spiro atoms. The first kappa shape index (κ1) is 14.9. The van der Waals surface area contributed by atoms with E-state index in [0.29, 0.717) is 24.9 Å². The molecule has 21 heavy (non-hydrogen) atoms. The highest BCUT2D eigenvalue weighted by Gasteiger charge is 2.41. The van der Waals surface area contributed by atoms with Crippen molar-refractivity contribution in [1.29, 1.82) is 0 Å². The van der Waals surface area contributed by atoms with Crippen LogP contribution in [0.1, 0.15) is 30.4 Å². The Kier molecular flexibility index (Phi) is 3.80. The normalized spacial score (nSPS) is 26.2. The number of hydrogen-bond acceptors (Lipinski definition) is 3. The highest BCUT2D eigenvalue weighted by atomic mass is 32.2. The van der Waals surface area contributed by atoms with E-state index in [-0.39, 0.29) is 16.0 Å². The zero-order valence-corrected chi connectivity index (χ0v) is 12.9. The summed E-state index contributed by atoms with van der Waals surface area (Å²) in [7, 11) is -3.60. The Morgan fingerprint density at radius 1 is 1.29 bits per heavy atom. The van der Waals surface area contributed by atoms with Gasteiger partial charge in [0.2, 0.25) is 10.0 Å². The predicted molar refractivity (Wildman–Crippen MR) is 76.6 cm³/mol. The van der Waals surface area contributed by atoms with Crippen molar-refractivity contribution in [2.45, 2.75) is 37.7 Å². The van der Waals surface area contributed by atoms with Crippen molar-refractivity contribution in [1.82, 2.24) is 4.31 Å². The molecule has 116 valence electrons. The highest BCUT2D eigenvalue weighted by Crippen LogP contribution is 2.40. The lowest BCUT2D eigenvalue weighted by atomic mass is 10.0. The van der Waals surface area contributed by atoms with E-state index in [2.05, 4.69) is 0 Å². The molecular weight excluding hydrogens is 293 g/mol. The second kappa shape index (κ2) is 5.34. The van der Waals surface area contributed by atoms with Gasteiger partial charge < -0.3 is 5.11 Å². The van der Waals surface area contributed by atoms with E-state index < -0.39 is 22.4 Å². The second-order valence-electron chi connectivity index (χ2n) is 6.14. The summed E-state index contributed by atoms with van der Waals surface area (Å²) >= 11 is 0. The number of aliphatic hydroxyl groups is 1. The number of rotatable bonds is 3. The number of hydrogen-bond donors (Lipinski definition) is 1. The molecule has 3 rings (SSSR count). The van der Waals surface area contributed by atoms with E-state index in [0.717, 1.165) is 12.8 Å². The molecule has 1 aliphatic carbocycles. The van der Waals surface area contributed by atoms with Gasteiger partial charge in [0.25, 0.3) is 0 Å². The van der Waals surface area contributed by atoms with Crippen molar-refractivity contribution in [3.8, 4) is 0 Å². The van der Waals surface area contributed by atoms with Gasteiger partial charge in [-0.2, -0.15) is 4.31 Å². The van der Waals surface area contributed by atoms with E-state index >= 15 is 0 Å².